The first kappa shape index (κ1) is 23.4. The second-order valence-electron chi connectivity index (χ2n) is 9.06. The van der Waals surface area contributed by atoms with Gasteiger partial charge in [0.25, 0.3) is 0 Å². The summed E-state index contributed by atoms with van der Waals surface area (Å²) >= 11 is 0. The van der Waals surface area contributed by atoms with E-state index in [4.69, 9.17) is 0 Å². The van der Waals surface area contributed by atoms with Crippen LogP contribution in [0.5, 0.6) is 0 Å². The quantitative estimate of drug-likeness (QED) is 0.695. The van der Waals surface area contributed by atoms with Gasteiger partial charge in [-0.2, -0.15) is 4.31 Å². The number of fused-ring (bicyclic) bond motifs is 1. The normalized spacial score (nSPS) is 17.2. The van der Waals surface area contributed by atoms with Crippen molar-refractivity contribution in [1.29, 1.82) is 0 Å². The highest BCUT2D eigenvalue weighted by molar-refractivity contribution is 7.89. The molecule has 0 aliphatic carbocycles. The number of anilines is 2. The lowest BCUT2D eigenvalue weighted by Gasteiger charge is -2.30. The molecule has 0 unspecified atom stereocenters. The van der Waals surface area contributed by atoms with Crippen LogP contribution in [0.3, 0.4) is 0 Å². The number of carbonyl (C=O) groups excluding carboxylic acids is 2. The maximum atomic E-state index is 13.0. The van der Waals surface area contributed by atoms with Crippen LogP contribution in [0.4, 0.5) is 11.4 Å². The molecule has 2 aromatic carbocycles. The van der Waals surface area contributed by atoms with Crippen molar-refractivity contribution in [3.63, 3.8) is 0 Å². The molecule has 1 fully saturated rings. The molecular formula is C25H31N3O4S. The Morgan fingerprint density at radius 2 is 1.70 bits per heavy atom. The van der Waals surface area contributed by atoms with Crippen LogP contribution < -0.4 is 10.2 Å². The highest BCUT2D eigenvalue weighted by Gasteiger charge is 2.30. The molecule has 33 heavy (non-hydrogen) atoms. The summed E-state index contributed by atoms with van der Waals surface area (Å²) in [6.07, 6.45) is 3.52. The summed E-state index contributed by atoms with van der Waals surface area (Å²) in [7, 11) is -3.55. The molecule has 0 radical (unpaired) electrons. The Morgan fingerprint density at radius 3 is 2.36 bits per heavy atom. The Balaban J connectivity index is 1.50. The standard InChI is InChI=1S/C25H31N3O4S/c1-18(2)19-6-9-21(10-7-19)26-24(29)17-28-23-12-11-22(16-20(23)8-13-25(28)30)33(31,32)27-14-4-3-5-15-27/h6-7,9-12,16,18H,3-5,8,13-15,17H2,1-2H3,(H,26,29). The number of amides is 2. The third-order valence-corrected chi connectivity index (χ3v) is 8.26. The summed E-state index contributed by atoms with van der Waals surface area (Å²) in [6.45, 7) is 5.19. The lowest BCUT2D eigenvalue weighted by Crippen LogP contribution is -2.41. The summed E-state index contributed by atoms with van der Waals surface area (Å²) in [5.74, 6) is -0.0289. The number of benzene rings is 2. The van der Waals surface area contributed by atoms with Crippen molar-refractivity contribution < 1.29 is 18.0 Å². The molecule has 1 saturated heterocycles. The van der Waals surface area contributed by atoms with Gasteiger partial charge in [0.2, 0.25) is 21.8 Å². The Morgan fingerprint density at radius 1 is 1.00 bits per heavy atom. The molecule has 4 rings (SSSR count). The van der Waals surface area contributed by atoms with Gasteiger partial charge in [0, 0.05) is 30.9 Å². The molecule has 2 heterocycles. The predicted octanol–water partition coefficient (Wildman–Crippen LogP) is 3.90. The van der Waals surface area contributed by atoms with E-state index in [9.17, 15) is 18.0 Å². The van der Waals surface area contributed by atoms with Crippen LogP contribution in [0.2, 0.25) is 0 Å². The van der Waals surface area contributed by atoms with Crippen molar-refractivity contribution in [3.8, 4) is 0 Å². The fourth-order valence-electron chi connectivity index (χ4n) is 4.42. The topological polar surface area (TPSA) is 86.8 Å². The largest absolute Gasteiger partial charge is 0.325 e. The lowest BCUT2D eigenvalue weighted by molar-refractivity contribution is -0.121. The van der Waals surface area contributed by atoms with Crippen molar-refractivity contribution in [2.24, 2.45) is 0 Å². The Hall–Kier alpha value is -2.71. The van der Waals surface area contributed by atoms with Gasteiger partial charge >= 0.3 is 0 Å². The first-order valence-electron chi connectivity index (χ1n) is 11.6. The van der Waals surface area contributed by atoms with Crippen LogP contribution in [0, 0.1) is 0 Å². The lowest BCUT2D eigenvalue weighted by atomic mass is 10.0. The number of hydrogen-bond acceptors (Lipinski definition) is 4. The van der Waals surface area contributed by atoms with E-state index in [0.717, 1.165) is 24.8 Å². The molecule has 8 heteroatoms. The highest BCUT2D eigenvalue weighted by atomic mass is 32.2. The number of nitrogens with one attached hydrogen (secondary N) is 1. The molecule has 2 aliphatic rings. The summed E-state index contributed by atoms with van der Waals surface area (Å²) in [5.41, 5.74) is 3.25. The minimum atomic E-state index is -3.55. The highest BCUT2D eigenvalue weighted by Crippen LogP contribution is 2.31. The summed E-state index contributed by atoms with van der Waals surface area (Å²) in [5, 5.41) is 2.85. The van der Waals surface area contributed by atoms with E-state index in [1.165, 1.54) is 10.5 Å². The molecule has 2 aliphatic heterocycles. The van der Waals surface area contributed by atoms with E-state index >= 15 is 0 Å². The Labute approximate surface area is 195 Å². The van der Waals surface area contributed by atoms with Gasteiger partial charge in [-0.25, -0.2) is 8.42 Å². The van der Waals surface area contributed by atoms with Gasteiger partial charge in [-0.1, -0.05) is 32.4 Å². The summed E-state index contributed by atoms with van der Waals surface area (Å²) in [4.78, 5) is 27.0. The third-order valence-electron chi connectivity index (χ3n) is 6.37. The van der Waals surface area contributed by atoms with Gasteiger partial charge in [-0.15, -0.1) is 0 Å². The van der Waals surface area contributed by atoms with Gasteiger partial charge in [-0.05, 0) is 66.6 Å². The molecule has 0 aromatic heterocycles. The zero-order valence-corrected chi connectivity index (χ0v) is 20.0. The molecule has 7 nitrogen and oxygen atoms in total. The molecule has 0 bridgehead atoms. The van der Waals surface area contributed by atoms with Gasteiger partial charge < -0.3 is 10.2 Å². The van der Waals surface area contributed by atoms with E-state index in [1.54, 1.807) is 22.5 Å². The number of carbonyl (C=O) groups is 2. The average Bonchev–Trinajstić information content (AvgIpc) is 2.81. The number of hydrogen-bond donors (Lipinski definition) is 1. The number of nitrogens with zero attached hydrogens (tertiary/aromatic N) is 2. The van der Waals surface area contributed by atoms with Gasteiger partial charge in [-0.3, -0.25) is 9.59 Å². The fraction of sp³-hybridized carbons (Fsp3) is 0.440. The zero-order valence-electron chi connectivity index (χ0n) is 19.2. The number of sulfonamides is 1. The van der Waals surface area contributed by atoms with E-state index in [2.05, 4.69) is 19.2 Å². The maximum absolute atomic E-state index is 13.0. The van der Waals surface area contributed by atoms with Crippen molar-refractivity contribution in [3.05, 3.63) is 53.6 Å². The molecule has 176 valence electrons. The molecule has 0 saturated carbocycles. The number of rotatable bonds is 6. The average molecular weight is 470 g/mol. The van der Waals surface area contributed by atoms with Crippen LogP contribution in [-0.2, 0) is 26.0 Å². The van der Waals surface area contributed by atoms with Crippen molar-refractivity contribution in [1.82, 2.24) is 4.31 Å². The SMILES string of the molecule is CC(C)c1ccc(NC(=O)CN2C(=O)CCc3cc(S(=O)(=O)N4CCCCC4)ccc32)cc1. The molecular weight excluding hydrogens is 438 g/mol. The van der Waals surface area contributed by atoms with E-state index in [-0.39, 0.29) is 29.7 Å². The van der Waals surface area contributed by atoms with Crippen LogP contribution in [0.25, 0.3) is 0 Å². The van der Waals surface area contributed by atoms with Crippen LogP contribution in [-0.4, -0.2) is 44.2 Å². The molecule has 1 N–H and O–H groups in total. The fourth-order valence-corrected chi connectivity index (χ4v) is 5.99. The Kier molecular flexibility index (Phi) is 6.86. The number of aryl methyl sites for hydroxylation is 1. The third kappa shape index (κ3) is 5.12. The smallest absolute Gasteiger partial charge is 0.244 e. The van der Waals surface area contributed by atoms with Crippen molar-refractivity contribution in [2.45, 2.75) is 56.8 Å². The minimum Gasteiger partial charge on any atom is -0.325 e. The van der Waals surface area contributed by atoms with Gasteiger partial charge in [0.1, 0.15) is 6.54 Å². The van der Waals surface area contributed by atoms with E-state index in [0.29, 0.717) is 36.8 Å². The Bertz CT molecular complexity index is 1140. The number of piperidine rings is 1. The maximum Gasteiger partial charge on any atom is 0.244 e. The second-order valence-corrected chi connectivity index (χ2v) is 11.0. The van der Waals surface area contributed by atoms with Crippen LogP contribution in [0.1, 0.15) is 56.6 Å². The van der Waals surface area contributed by atoms with Crippen LogP contribution >= 0.6 is 0 Å². The van der Waals surface area contributed by atoms with E-state index < -0.39 is 10.0 Å². The minimum absolute atomic E-state index is 0.115. The van der Waals surface area contributed by atoms with E-state index in [1.807, 2.05) is 24.3 Å². The zero-order chi connectivity index (χ0) is 23.6. The molecule has 2 amide bonds. The monoisotopic (exact) mass is 469 g/mol. The van der Waals surface area contributed by atoms with Gasteiger partial charge in [0.05, 0.1) is 4.90 Å². The predicted molar refractivity (Wildman–Crippen MR) is 129 cm³/mol. The molecule has 2 aromatic rings. The summed E-state index contributed by atoms with van der Waals surface area (Å²) < 4.78 is 27.6. The second kappa shape index (κ2) is 9.65. The molecule has 0 atom stereocenters. The van der Waals surface area contributed by atoms with Crippen molar-refractivity contribution >= 4 is 33.2 Å². The summed E-state index contributed by atoms with van der Waals surface area (Å²) in [6, 6.07) is 12.6. The van der Waals surface area contributed by atoms with Crippen molar-refractivity contribution in [2.75, 3.05) is 29.9 Å². The van der Waals surface area contributed by atoms with Gasteiger partial charge in [0.15, 0.2) is 0 Å². The first-order chi connectivity index (χ1) is 15.8. The van der Waals surface area contributed by atoms with Crippen LogP contribution in [0.15, 0.2) is 47.4 Å². The first-order valence-corrected chi connectivity index (χ1v) is 13.0. The molecule has 0 spiro atoms.